The maximum absolute atomic E-state index is 12.5. The molecule has 64 valence electrons. The van der Waals surface area contributed by atoms with Crippen LogP contribution in [0, 0.1) is 0 Å². The van der Waals surface area contributed by atoms with Gasteiger partial charge >= 0.3 is 9.85 Å². The lowest BCUT2D eigenvalue weighted by Crippen LogP contribution is -2.25. The number of hydrogen-bond donors (Lipinski definition) is 0. The van der Waals surface area contributed by atoms with Gasteiger partial charge in [0.2, 0.25) is 0 Å². The molecule has 0 saturated carbocycles. The monoisotopic (exact) mass is 180 g/mol. The van der Waals surface area contributed by atoms with E-state index in [1.54, 1.807) is 0 Å². The third-order valence-electron chi connectivity index (χ3n) is 1.84. The first-order chi connectivity index (χ1) is 5.55. The Morgan fingerprint density at radius 3 is 2.17 bits per heavy atom. The first-order valence-corrected chi connectivity index (χ1v) is 4.89. The van der Waals surface area contributed by atoms with Crippen LogP contribution in [0.5, 0.6) is 0 Å². The molecule has 0 aliphatic rings. The molecular weight excluding hydrogens is 167 g/mol. The Morgan fingerprint density at radius 2 is 1.75 bits per heavy atom. The van der Waals surface area contributed by atoms with Crippen molar-refractivity contribution in [2.75, 3.05) is 0 Å². The molecule has 0 bridgehead atoms. The summed E-state index contributed by atoms with van der Waals surface area (Å²) < 4.78 is 12.5. The highest BCUT2D eigenvalue weighted by Gasteiger charge is 2.17. The second-order valence-corrected chi connectivity index (χ2v) is 4.62. The summed E-state index contributed by atoms with van der Waals surface area (Å²) in [5.74, 6) is 0. The van der Waals surface area contributed by atoms with Crippen molar-refractivity contribution in [3.63, 3.8) is 0 Å². The lowest BCUT2D eigenvalue weighted by atomic mass is 9.87. The van der Waals surface area contributed by atoms with Gasteiger partial charge in [-0.15, -0.1) is 0 Å². The van der Waals surface area contributed by atoms with Crippen molar-refractivity contribution in [1.29, 1.82) is 0 Å². The smallest absolute Gasteiger partial charge is 0.308 e. The molecule has 0 aromatic heterocycles. The number of rotatable bonds is 1. The highest BCUT2D eigenvalue weighted by atomic mass is 28.3. The van der Waals surface area contributed by atoms with Crippen LogP contribution in [-0.2, 0) is 5.41 Å². The quantitative estimate of drug-likeness (QED) is 0.459. The molecule has 12 heavy (non-hydrogen) atoms. The van der Waals surface area contributed by atoms with Crippen LogP contribution in [-0.4, -0.2) is 9.85 Å². The van der Waals surface area contributed by atoms with Gasteiger partial charge in [0.15, 0.2) is 0 Å². The van der Waals surface area contributed by atoms with Gasteiger partial charge in [0.25, 0.3) is 0 Å². The molecule has 0 fully saturated rings. The molecule has 0 atom stereocenters. The predicted molar refractivity (Wildman–Crippen MR) is 51.6 cm³/mol. The molecule has 1 aromatic rings. The Bertz CT molecular complexity index is 263. The summed E-state index contributed by atoms with van der Waals surface area (Å²) in [6, 6.07) is 7.71. The topological polar surface area (TPSA) is 0 Å². The lowest BCUT2D eigenvalue weighted by Gasteiger charge is -2.21. The SMILES string of the molecule is CC(C)(C)c1ccccc1[Si]F. The van der Waals surface area contributed by atoms with Gasteiger partial charge in [0.1, 0.15) is 0 Å². The van der Waals surface area contributed by atoms with E-state index in [0.29, 0.717) is 0 Å². The van der Waals surface area contributed by atoms with Crippen molar-refractivity contribution < 1.29 is 4.11 Å². The Labute approximate surface area is 75.8 Å². The number of benzene rings is 1. The van der Waals surface area contributed by atoms with E-state index in [1.807, 2.05) is 24.3 Å². The van der Waals surface area contributed by atoms with Crippen LogP contribution >= 0.6 is 0 Å². The number of halogens is 1. The summed E-state index contributed by atoms with van der Waals surface area (Å²) in [7, 11) is -0.598. The zero-order chi connectivity index (χ0) is 9.19. The zero-order valence-corrected chi connectivity index (χ0v) is 8.69. The Balaban J connectivity index is 3.14. The summed E-state index contributed by atoms with van der Waals surface area (Å²) in [5, 5.41) is 0.838. The van der Waals surface area contributed by atoms with Crippen LogP contribution in [0.25, 0.3) is 0 Å². The molecule has 0 unspecified atom stereocenters. The van der Waals surface area contributed by atoms with Crippen molar-refractivity contribution in [3.8, 4) is 0 Å². The van der Waals surface area contributed by atoms with Gasteiger partial charge in [-0.2, -0.15) is 0 Å². The third kappa shape index (κ3) is 1.94. The fourth-order valence-corrected chi connectivity index (χ4v) is 1.94. The van der Waals surface area contributed by atoms with E-state index in [-0.39, 0.29) is 5.41 Å². The van der Waals surface area contributed by atoms with Crippen LogP contribution in [0.3, 0.4) is 0 Å². The van der Waals surface area contributed by atoms with Gasteiger partial charge in [-0.1, -0.05) is 45.0 Å². The van der Waals surface area contributed by atoms with Gasteiger partial charge in [-0.3, -0.25) is 0 Å². The van der Waals surface area contributed by atoms with Crippen LogP contribution in [0.1, 0.15) is 26.3 Å². The van der Waals surface area contributed by atoms with Gasteiger partial charge in [0, 0.05) is 0 Å². The van der Waals surface area contributed by atoms with E-state index in [1.165, 1.54) is 0 Å². The molecule has 0 spiro atoms. The number of hydrogen-bond acceptors (Lipinski definition) is 0. The minimum Gasteiger partial charge on any atom is -0.308 e. The maximum atomic E-state index is 12.5. The molecule has 1 rings (SSSR count). The third-order valence-corrected chi connectivity index (χ3v) is 2.48. The minimum atomic E-state index is -0.598. The van der Waals surface area contributed by atoms with Crippen LogP contribution in [0.15, 0.2) is 24.3 Å². The minimum absolute atomic E-state index is 0.0513. The van der Waals surface area contributed by atoms with Crippen LogP contribution in [0.2, 0.25) is 0 Å². The zero-order valence-electron chi connectivity index (χ0n) is 7.69. The fraction of sp³-hybridized carbons (Fsp3) is 0.400. The average molecular weight is 180 g/mol. The Hall–Kier alpha value is -0.633. The Kier molecular flexibility index (Phi) is 2.68. The Morgan fingerprint density at radius 1 is 1.17 bits per heavy atom. The molecule has 0 heterocycles. The molecule has 2 heteroatoms. The van der Waals surface area contributed by atoms with Crippen molar-refractivity contribution in [1.82, 2.24) is 0 Å². The summed E-state index contributed by atoms with van der Waals surface area (Å²) in [5.41, 5.74) is 1.17. The summed E-state index contributed by atoms with van der Waals surface area (Å²) >= 11 is 0. The first kappa shape index (κ1) is 9.45. The van der Waals surface area contributed by atoms with E-state index >= 15 is 0 Å². The molecule has 0 saturated heterocycles. The van der Waals surface area contributed by atoms with E-state index in [9.17, 15) is 4.11 Å². The van der Waals surface area contributed by atoms with Crippen LogP contribution in [0.4, 0.5) is 4.11 Å². The van der Waals surface area contributed by atoms with E-state index in [2.05, 4.69) is 20.8 Å². The van der Waals surface area contributed by atoms with Crippen LogP contribution < -0.4 is 5.19 Å². The fourth-order valence-electron chi connectivity index (χ4n) is 1.22. The van der Waals surface area contributed by atoms with Crippen molar-refractivity contribution in [2.45, 2.75) is 26.2 Å². The maximum Gasteiger partial charge on any atom is 0.333 e. The van der Waals surface area contributed by atoms with E-state index < -0.39 is 9.85 Å². The predicted octanol–water partition coefficient (Wildman–Crippen LogP) is 2.20. The molecule has 2 radical (unpaired) electrons. The summed E-state index contributed by atoms with van der Waals surface area (Å²) in [6.45, 7) is 6.31. The normalized spacial score (nSPS) is 11.7. The average Bonchev–Trinajstić information content (AvgIpc) is 2.03. The second kappa shape index (κ2) is 3.40. The summed E-state index contributed by atoms with van der Waals surface area (Å²) in [6.07, 6.45) is 0. The van der Waals surface area contributed by atoms with Crippen molar-refractivity contribution in [2.24, 2.45) is 0 Å². The molecule has 0 N–H and O–H groups in total. The van der Waals surface area contributed by atoms with Gasteiger partial charge in [-0.05, 0) is 16.2 Å². The molecule has 1 aromatic carbocycles. The lowest BCUT2D eigenvalue weighted by molar-refractivity contribution is 0.593. The molecule has 0 aliphatic heterocycles. The second-order valence-electron chi connectivity index (χ2n) is 3.89. The van der Waals surface area contributed by atoms with E-state index in [0.717, 1.165) is 10.8 Å². The largest absolute Gasteiger partial charge is 0.333 e. The highest BCUT2D eigenvalue weighted by molar-refractivity contribution is 6.47. The first-order valence-electron chi connectivity index (χ1n) is 4.02. The molecule has 0 amide bonds. The van der Waals surface area contributed by atoms with Gasteiger partial charge < -0.3 is 4.11 Å². The van der Waals surface area contributed by atoms with Gasteiger partial charge in [-0.25, -0.2) is 0 Å². The molecule has 0 nitrogen and oxygen atoms in total. The van der Waals surface area contributed by atoms with E-state index in [4.69, 9.17) is 0 Å². The standard InChI is InChI=1S/C10H13FSi/c1-10(2,3)8-6-4-5-7-9(8)12-11/h4-7H,1-3H3. The molecule has 0 aliphatic carbocycles. The van der Waals surface area contributed by atoms with Gasteiger partial charge in [0.05, 0.1) is 0 Å². The summed E-state index contributed by atoms with van der Waals surface area (Å²) in [4.78, 5) is 0. The van der Waals surface area contributed by atoms with Crippen molar-refractivity contribution >= 4 is 15.0 Å². The van der Waals surface area contributed by atoms with Crippen molar-refractivity contribution in [3.05, 3.63) is 29.8 Å². The highest BCUT2D eigenvalue weighted by Crippen LogP contribution is 2.19. The molecular formula is C10H13FSi.